The van der Waals surface area contributed by atoms with Crippen LogP contribution in [0.25, 0.3) is 22.5 Å². The summed E-state index contributed by atoms with van der Waals surface area (Å²) < 4.78 is 20.9. The topological polar surface area (TPSA) is 38.7 Å². The van der Waals surface area contributed by atoms with Gasteiger partial charge in [-0.15, -0.1) is 0 Å². The average molecular weight is 280 g/mol. The molecule has 4 heteroatoms. The van der Waals surface area contributed by atoms with Gasteiger partial charge in [0.05, 0.1) is 19.0 Å². The Bertz CT molecular complexity index is 812. The van der Waals surface area contributed by atoms with Gasteiger partial charge in [-0.3, -0.25) is 15.0 Å². The van der Waals surface area contributed by atoms with E-state index in [1.54, 1.807) is 18.3 Å². The third kappa shape index (κ3) is 2.65. The fraction of sp³-hybridized carbons (Fsp3) is 0.118. The van der Waals surface area contributed by atoms with E-state index in [0.29, 0.717) is 11.4 Å². The minimum atomic E-state index is -0.383. The van der Waals surface area contributed by atoms with Crippen molar-refractivity contribution in [3.8, 4) is 22.5 Å². The van der Waals surface area contributed by atoms with Gasteiger partial charge in [0.2, 0.25) is 0 Å². The van der Waals surface area contributed by atoms with Crippen LogP contribution in [-0.2, 0) is 0 Å². The highest BCUT2D eigenvalue weighted by Gasteiger charge is 2.13. The highest BCUT2D eigenvalue weighted by Crippen LogP contribution is 2.32. The molecule has 0 spiro atoms. The molecule has 3 aromatic rings. The summed E-state index contributed by atoms with van der Waals surface area (Å²) in [5.41, 5.74) is 4.81. The third-order valence-corrected chi connectivity index (χ3v) is 3.24. The standard InChI is InChI=1S/C17H14FN3/c1-11-5-7-20-17(15-4-3-14(18)10-21-15)16(11)13-6-8-19-12(2)9-13/h3-10H,1-2H3/i8D. The highest BCUT2D eigenvalue weighted by atomic mass is 19.1. The highest BCUT2D eigenvalue weighted by molar-refractivity contribution is 5.81. The lowest BCUT2D eigenvalue weighted by Gasteiger charge is -2.12. The second-order valence-corrected chi connectivity index (χ2v) is 4.84. The molecule has 0 unspecified atom stereocenters. The summed E-state index contributed by atoms with van der Waals surface area (Å²) in [6, 6.07) is 8.49. The SMILES string of the molecule is [2H]c1cc(-c2c(C)ccnc2-c2ccc(F)cn2)cc(C)n1. The molecule has 3 rings (SSSR count). The first-order valence-corrected chi connectivity index (χ1v) is 6.58. The van der Waals surface area contributed by atoms with Gasteiger partial charge in [0, 0.05) is 23.6 Å². The fourth-order valence-electron chi connectivity index (χ4n) is 2.28. The van der Waals surface area contributed by atoms with Crippen LogP contribution in [0.4, 0.5) is 4.39 Å². The molecule has 0 amide bonds. The van der Waals surface area contributed by atoms with Crippen molar-refractivity contribution < 1.29 is 5.76 Å². The van der Waals surface area contributed by atoms with E-state index in [1.807, 2.05) is 26.0 Å². The van der Waals surface area contributed by atoms with E-state index < -0.39 is 0 Å². The summed E-state index contributed by atoms with van der Waals surface area (Å²) in [5, 5.41) is 0. The summed E-state index contributed by atoms with van der Waals surface area (Å²) in [4.78, 5) is 12.6. The Morgan fingerprint density at radius 1 is 1.05 bits per heavy atom. The number of rotatable bonds is 2. The predicted octanol–water partition coefficient (Wildman–Crippen LogP) is 3.96. The molecule has 21 heavy (non-hydrogen) atoms. The van der Waals surface area contributed by atoms with E-state index >= 15 is 0 Å². The van der Waals surface area contributed by atoms with Crippen LogP contribution in [-0.4, -0.2) is 15.0 Å². The number of pyridine rings is 3. The summed E-state index contributed by atoms with van der Waals surface area (Å²) in [5.74, 6) is -0.383. The zero-order valence-electron chi connectivity index (χ0n) is 12.8. The Morgan fingerprint density at radius 2 is 1.90 bits per heavy atom. The largest absolute Gasteiger partial charge is 0.262 e. The monoisotopic (exact) mass is 280 g/mol. The molecule has 3 aromatic heterocycles. The summed E-state index contributed by atoms with van der Waals surface area (Å²) in [7, 11) is 0. The van der Waals surface area contributed by atoms with Crippen LogP contribution in [0.2, 0.25) is 0 Å². The lowest BCUT2D eigenvalue weighted by Crippen LogP contribution is -1.95. The molecule has 0 bridgehead atoms. The molecular formula is C17H14FN3. The zero-order valence-corrected chi connectivity index (χ0v) is 11.8. The van der Waals surface area contributed by atoms with E-state index in [-0.39, 0.29) is 12.0 Å². The van der Waals surface area contributed by atoms with Gasteiger partial charge < -0.3 is 0 Å². The number of nitrogens with zero attached hydrogens (tertiary/aromatic N) is 3. The molecule has 3 heterocycles. The van der Waals surface area contributed by atoms with Crippen LogP contribution < -0.4 is 0 Å². The van der Waals surface area contributed by atoms with E-state index in [2.05, 4.69) is 15.0 Å². The molecule has 0 fully saturated rings. The quantitative estimate of drug-likeness (QED) is 0.713. The van der Waals surface area contributed by atoms with Crippen LogP contribution >= 0.6 is 0 Å². The zero-order chi connectivity index (χ0) is 15.7. The molecule has 0 aliphatic heterocycles. The summed E-state index contributed by atoms with van der Waals surface area (Å²) in [6.07, 6.45) is 3.09. The Balaban J connectivity index is 2.25. The predicted molar refractivity (Wildman–Crippen MR) is 80.1 cm³/mol. The van der Waals surface area contributed by atoms with Crippen LogP contribution in [0.5, 0.6) is 0 Å². The molecule has 104 valence electrons. The Morgan fingerprint density at radius 3 is 2.62 bits per heavy atom. The number of hydrogen-bond donors (Lipinski definition) is 0. The van der Waals surface area contributed by atoms with E-state index in [4.69, 9.17) is 1.37 Å². The number of aromatic nitrogens is 3. The average Bonchev–Trinajstić information content (AvgIpc) is 2.46. The first-order chi connectivity index (χ1) is 10.5. The van der Waals surface area contributed by atoms with Crippen molar-refractivity contribution >= 4 is 0 Å². The van der Waals surface area contributed by atoms with Crippen LogP contribution in [0.3, 0.4) is 0 Å². The van der Waals surface area contributed by atoms with Crippen molar-refractivity contribution in [2.24, 2.45) is 0 Å². The Labute approximate surface area is 124 Å². The van der Waals surface area contributed by atoms with Crippen molar-refractivity contribution in [1.82, 2.24) is 15.0 Å². The van der Waals surface area contributed by atoms with E-state index in [1.165, 1.54) is 12.3 Å². The second-order valence-electron chi connectivity index (χ2n) is 4.84. The normalized spacial score (nSPS) is 11.3. The lowest BCUT2D eigenvalue weighted by atomic mass is 9.98. The van der Waals surface area contributed by atoms with Gasteiger partial charge in [0.15, 0.2) is 0 Å². The summed E-state index contributed by atoms with van der Waals surface area (Å²) in [6.45, 7) is 3.83. The van der Waals surface area contributed by atoms with Gasteiger partial charge in [0.25, 0.3) is 0 Å². The molecule has 0 saturated carbocycles. The van der Waals surface area contributed by atoms with Gasteiger partial charge in [-0.2, -0.15) is 0 Å². The summed E-state index contributed by atoms with van der Waals surface area (Å²) >= 11 is 0. The minimum absolute atomic E-state index is 0.205. The lowest BCUT2D eigenvalue weighted by molar-refractivity contribution is 0.622. The first kappa shape index (κ1) is 12.1. The molecule has 0 aliphatic carbocycles. The van der Waals surface area contributed by atoms with Crippen LogP contribution in [0, 0.1) is 19.7 Å². The first-order valence-electron chi connectivity index (χ1n) is 7.08. The number of hydrogen-bond acceptors (Lipinski definition) is 3. The Kier molecular flexibility index (Phi) is 3.12. The maximum absolute atomic E-state index is 13.1. The number of aryl methyl sites for hydroxylation is 2. The molecule has 0 atom stereocenters. The minimum Gasteiger partial charge on any atom is -0.262 e. The molecular weight excluding hydrogens is 265 g/mol. The smallest absolute Gasteiger partial charge is 0.141 e. The van der Waals surface area contributed by atoms with Gasteiger partial charge in [-0.05, 0) is 55.3 Å². The molecule has 0 aromatic carbocycles. The van der Waals surface area contributed by atoms with Gasteiger partial charge in [-0.1, -0.05) is 0 Å². The molecule has 0 radical (unpaired) electrons. The molecule has 0 aliphatic rings. The van der Waals surface area contributed by atoms with Crippen molar-refractivity contribution in [1.29, 1.82) is 0 Å². The Hall–Kier alpha value is -2.62. The van der Waals surface area contributed by atoms with Crippen molar-refractivity contribution in [2.45, 2.75) is 13.8 Å². The van der Waals surface area contributed by atoms with Crippen LogP contribution in [0.1, 0.15) is 12.6 Å². The maximum Gasteiger partial charge on any atom is 0.141 e. The molecule has 0 N–H and O–H groups in total. The molecule has 0 saturated heterocycles. The van der Waals surface area contributed by atoms with E-state index in [9.17, 15) is 4.39 Å². The fourth-order valence-corrected chi connectivity index (χ4v) is 2.28. The van der Waals surface area contributed by atoms with Gasteiger partial charge >= 0.3 is 0 Å². The third-order valence-electron chi connectivity index (χ3n) is 3.24. The van der Waals surface area contributed by atoms with Crippen molar-refractivity contribution in [2.75, 3.05) is 0 Å². The van der Waals surface area contributed by atoms with Gasteiger partial charge in [-0.25, -0.2) is 4.39 Å². The van der Waals surface area contributed by atoms with Crippen molar-refractivity contribution in [3.63, 3.8) is 0 Å². The number of halogens is 1. The second kappa shape index (κ2) is 5.40. The van der Waals surface area contributed by atoms with Gasteiger partial charge in [0.1, 0.15) is 5.82 Å². The van der Waals surface area contributed by atoms with E-state index in [0.717, 1.165) is 22.4 Å². The van der Waals surface area contributed by atoms with Crippen molar-refractivity contribution in [3.05, 3.63) is 66.0 Å². The maximum atomic E-state index is 13.1. The molecule has 3 nitrogen and oxygen atoms in total. The van der Waals surface area contributed by atoms with Crippen LogP contribution in [0.15, 0.2) is 48.9 Å².